The van der Waals surface area contributed by atoms with Crippen LogP contribution in [-0.4, -0.2) is 33.8 Å². The first-order chi connectivity index (χ1) is 16.4. The molecule has 3 unspecified atom stereocenters. The molecular weight excluding hydrogens is 431 g/mol. The van der Waals surface area contributed by atoms with E-state index < -0.39 is 12.1 Å². The number of amides is 1. The van der Waals surface area contributed by atoms with E-state index in [4.69, 9.17) is 0 Å². The molecule has 0 bridgehead atoms. The Morgan fingerprint density at radius 3 is 2.47 bits per heavy atom. The topological polar surface area (TPSA) is 76.0 Å². The van der Waals surface area contributed by atoms with Gasteiger partial charge in [-0.25, -0.2) is 9.37 Å². The summed E-state index contributed by atoms with van der Waals surface area (Å²) in [6.45, 7) is 6.39. The summed E-state index contributed by atoms with van der Waals surface area (Å²) < 4.78 is 17.6. The average Bonchev–Trinajstić information content (AvgIpc) is 3.56. The number of ketones is 1. The highest BCUT2D eigenvalue weighted by Gasteiger charge is 2.34. The number of benzene rings is 2. The third-order valence-electron chi connectivity index (χ3n) is 6.53. The Hall–Kier alpha value is -3.32. The molecule has 2 N–H and O–H groups in total. The summed E-state index contributed by atoms with van der Waals surface area (Å²) in [6, 6.07) is 10.7. The second-order valence-corrected chi connectivity index (χ2v) is 9.13. The molecule has 0 radical (unpaired) electrons. The molecule has 1 aliphatic heterocycles. The first kappa shape index (κ1) is 23.8. The van der Waals surface area contributed by atoms with E-state index in [1.54, 1.807) is 42.3 Å². The fourth-order valence-electron chi connectivity index (χ4n) is 4.53. The lowest BCUT2D eigenvalue weighted by molar-refractivity contribution is -0.130. The molecule has 7 heteroatoms. The van der Waals surface area contributed by atoms with Crippen LogP contribution in [0.1, 0.15) is 62.7 Å². The zero-order chi connectivity index (χ0) is 24.2. The monoisotopic (exact) mass is 462 g/mol. The normalized spacial score (nSPS) is 17.5. The SMILES string of the molecule is CC(C)c1ccc(C(NC(=O)C2CCCN2)C(=O)C(C)n2ccnc2)c(-c2ccccc2)c1F. The summed E-state index contributed by atoms with van der Waals surface area (Å²) in [5, 5.41) is 6.13. The van der Waals surface area contributed by atoms with Gasteiger partial charge >= 0.3 is 0 Å². The summed E-state index contributed by atoms with van der Waals surface area (Å²) in [5.41, 5.74) is 2.04. The maximum Gasteiger partial charge on any atom is 0.237 e. The van der Waals surface area contributed by atoms with E-state index in [0.29, 0.717) is 28.7 Å². The number of nitrogens with one attached hydrogen (secondary N) is 2. The Bertz CT molecular complexity index is 1140. The van der Waals surface area contributed by atoms with E-state index in [9.17, 15) is 9.59 Å². The molecule has 3 atom stereocenters. The summed E-state index contributed by atoms with van der Waals surface area (Å²) >= 11 is 0. The Kier molecular flexibility index (Phi) is 7.22. The molecule has 3 aromatic rings. The molecule has 2 heterocycles. The minimum absolute atomic E-state index is 0.0344. The van der Waals surface area contributed by atoms with Gasteiger partial charge in [0, 0.05) is 18.0 Å². The molecule has 1 aliphatic rings. The molecule has 178 valence electrons. The zero-order valence-electron chi connectivity index (χ0n) is 19.8. The van der Waals surface area contributed by atoms with E-state index in [-0.39, 0.29) is 29.5 Å². The van der Waals surface area contributed by atoms with Crippen molar-refractivity contribution in [2.75, 3.05) is 6.54 Å². The lowest BCUT2D eigenvalue weighted by atomic mass is 9.86. The fraction of sp³-hybridized carbons (Fsp3) is 0.370. The van der Waals surface area contributed by atoms with Crippen molar-refractivity contribution in [2.24, 2.45) is 0 Å². The maximum atomic E-state index is 16.0. The standard InChI is InChI=1S/C27H31FN4O2/c1-17(2)20-11-12-21(23(24(20)28)19-8-5-4-6-9-19)25(31-27(34)22-10-7-13-30-22)26(33)18(3)32-15-14-29-16-32/h4-6,8-9,11-12,14-18,22,25,30H,7,10,13H2,1-3H3,(H,31,34). The van der Waals surface area contributed by atoms with Crippen LogP contribution in [0.4, 0.5) is 4.39 Å². The van der Waals surface area contributed by atoms with Crippen LogP contribution in [-0.2, 0) is 9.59 Å². The van der Waals surface area contributed by atoms with Crippen LogP contribution >= 0.6 is 0 Å². The molecule has 0 spiro atoms. The van der Waals surface area contributed by atoms with Crippen molar-refractivity contribution < 1.29 is 14.0 Å². The van der Waals surface area contributed by atoms with Gasteiger partial charge in [0.05, 0.1) is 18.4 Å². The van der Waals surface area contributed by atoms with Crippen LogP contribution in [0.3, 0.4) is 0 Å². The van der Waals surface area contributed by atoms with Crippen molar-refractivity contribution in [3.63, 3.8) is 0 Å². The quantitative estimate of drug-likeness (QED) is 0.515. The van der Waals surface area contributed by atoms with E-state index in [1.165, 1.54) is 0 Å². The van der Waals surface area contributed by atoms with Gasteiger partial charge in [0.15, 0.2) is 5.78 Å². The van der Waals surface area contributed by atoms with Gasteiger partial charge in [0.1, 0.15) is 11.9 Å². The fourth-order valence-corrected chi connectivity index (χ4v) is 4.53. The number of Topliss-reactive ketones (excluding diaryl/α,β-unsaturated/α-hetero) is 1. The van der Waals surface area contributed by atoms with Crippen molar-refractivity contribution >= 4 is 11.7 Å². The molecule has 1 amide bonds. The minimum Gasteiger partial charge on any atom is -0.341 e. The summed E-state index contributed by atoms with van der Waals surface area (Å²) in [7, 11) is 0. The third-order valence-corrected chi connectivity index (χ3v) is 6.53. The molecule has 1 saturated heterocycles. The minimum atomic E-state index is -1.02. The molecule has 0 saturated carbocycles. The van der Waals surface area contributed by atoms with Crippen LogP contribution in [0, 0.1) is 5.82 Å². The molecule has 4 rings (SSSR count). The van der Waals surface area contributed by atoms with Gasteiger partial charge in [0.2, 0.25) is 5.91 Å². The van der Waals surface area contributed by atoms with Crippen LogP contribution in [0.5, 0.6) is 0 Å². The Morgan fingerprint density at radius 1 is 1.12 bits per heavy atom. The zero-order valence-corrected chi connectivity index (χ0v) is 19.8. The first-order valence-electron chi connectivity index (χ1n) is 11.8. The van der Waals surface area contributed by atoms with Gasteiger partial charge < -0.3 is 15.2 Å². The Labute approximate surface area is 199 Å². The van der Waals surface area contributed by atoms with Crippen molar-refractivity contribution in [1.29, 1.82) is 0 Å². The van der Waals surface area contributed by atoms with Crippen molar-refractivity contribution in [2.45, 2.75) is 57.7 Å². The van der Waals surface area contributed by atoms with Gasteiger partial charge in [-0.15, -0.1) is 0 Å². The lowest BCUT2D eigenvalue weighted by Gasteiger charge is -2.27. The number of rotatable bonds is 8. The van der Waals surface area contributed by atoms with Gasteiger partial charge in [-0.05, 0) is 48.9 Å². The Balaban J connectivity index is 1.83. The molecule has 1 fully saturated rings. The van der Waals surface area contributed by atoms with E-state index >= 15 is 4.39 Å². The predicted molar refractivity (Wildman–Crippen MR) is 130 cm³/mol. The maximum absolute atomic E-state index is 16.0. The number of imidazole rings is 1. The highest BCUT2D eigenvalue weighted by molar-refractivity contribution is 5.95. The summed E-state index contributed by atoms with van der Waals surface area (Å²) in [5.74, 6) is -0.882. The number of hydrogen-bond donors (Lipinski definition) is 2. The molecule has 1 aromatic heterocycles. The van der Waals surface area contributed by atoms with E-state index in [2.05, 4.69) is 15.6 Å². The second-order valence-electron chi connectivity index (χ2n) is 9.13. The number of aromatic nitrogens is 2. The van der Waals surface area contributed by atoms with Gasteiger partial charge in [-0.2, -0.15) is 0 Å². The Morgan fingerprint density at radius 2 is 1.85 bits per heavy atom. The predicted octanol–water partition coefficient (Wildman–Crippen LogP) is 4.55. The molecular formula is C27H31FN4O2. The summed E-state index contributed by atoms with van der Waals surface area (Å²) in [4.78, 5) is 31.0. The third kappa shape index (κ3) is 4.80. The highest BCUT2D eigenvalue weighted by Crippen LogP contribution is 2.36. The van der Waals surface area contributed by atoms with Gasteiger partial charge in [-0.1, -0.05) is 56.3 Å². The van der Waals surface area contributed by atoms with Crippen LogP contribution in [0.25, 0.3) is 11.1 Å². The first-order valence-corrected chi connectivity index (χ1v) is 11.8. The largest absolute Gasteiger partial charge is 0.341 e. The number of nitrogens with zero attached hydrogens (tertiary/aromatic N) is 2. The van der Waals surface area contributed by atoms with Crippen molar-refractivity contribution in [3.8, 4) is 11.1 Å². The van der Waals surface area contributed by atoms with E-state index in [1.807, 2.05) is 44.2 Å². The van der Waals surface area contributed by atoms with E-state index in [0.717, 1.165) is 13.0 Å². The number of halogens is 1. The molecule has 6 nitrogen and oxygen atoms in total. The smallest absolute Gasteiger partial charge is 0.237 e. The lowest BCUT2D eigenvalue weighted by Crippen LogP contribution is -2.45. The molecule has 2 aromatic carbocycles. The second kappa shape index (κ2) is 10.3. The average molecular weight is 463 g/mol. The number of hydrogen-bond acceptors (Lipinski definition) is 4. The summed E-state index contributed by atoms with van der Waals surface area (Å²) in [6.07, 6.45) is 6.48. The molecule has 0 aliphatic carbocycles. The van der Waals surface area contributed by atoms with Crippen molar-refractivity contribution in [3.05, 3.63) is 78.1 Å². The van der Waals surface area contributed by atoms with Gasteiger partial charge in [-0.3, -0.25) is 9.59 Å². The highest BCUT2D eigenvalue weighted by atomic mass is 19.1. The van der Waals surface area contributed by atoms with Crippen LogP contribution in [0.2, 0.25) is 0 Å². The molecule has 34 heavy (non-hydrogen) atoms. The van der Waals surface area contributed by atoms with Gasteiger partial charge in [0.25, 0.3) is 0 Å². The number of carbonyl (C=O) groups excluding carboxylic acids is 2. The van der Waals surface area contributed by atoms with Crippen molar-refractivity contribution in [1.82, 2.24) is 20.2 Å². The van der Waals surface area contributed by atoms with Crippen LogP contribution in [0.15, 0.2) is 61.2 Å². The number of carbonyl (C=O) groups is 2. The van der Waals surface area contributed by atoms with Crippen LogP contribution < -0.4 is 10.6 Å².